The zero-order valence-electron chi connectivity index (χ0n) is 11.2. The van der Waals surface area contributed by atoms with Crippen LogP contribution in [0.3, 0.4) is 0 Å². The molecule has 0 aromatic carbocycles. The summed E-state index contributed by atoms with van der Waals surface area (Å²) in [7, 11) is 0. The van der Waals surface area contributed by atoms with Crippen molar-refractivity contribution in [2.75, 3.05) is 6.54 Å². The van der Waals surface area contributed by atoms with Gasteiger partial charge in [-0.25, -0.2) is 4.98 Å². The van der Waals surface area contributed by atoms with Crippen LogP contribution in [0, 0.1) is 0 Å². The second kappa shape index (κ2) is 6.35. The highest BCUT2D eigenvalue weighted by Gasteiger charge is 2.22. The molecular formula is C15H21N3S. The first kappa shape index (κ1) is 12.9. The molecule has 1 N–H and O–H groups in total. The molecule has 1 fully saturated rings. The summed E-state index contributed by atoms with van der Waals surface area (Å²) in [6.45, 7) is 2.19. The van der Waals surface area contributed by atoms with Crippen molar-refractivity contribution in [1.82, 2.24) is 14.9 Å². The molecule has 0 saturated carbocycles. The number of hydrogen-bond donors (Lipinski definition) is 1. The van der Waals surface area contributed by atoms with Gasteiger partial charge >= 0.3 is 0 Å². The van der Waals surface area contributed by atoms with Crippen LogP contribution in [0.4, 0.5) is 0 Å². The zero-order valence-corrected chi connectivity index (χ0v) is 12.0. The second-order valence-corrected chi connectivity index (χ2v) is 6.31. The third kappa shape index (κ3) is 3.45. The molecule has 0 amide bonds. The van der Waals surface area contributed by atoms with Crippen LogP contribution in [-0.4, -0.2) is 27.5 Å². The van der Waals surface area contributed by atoms with Crippen LogP contribution in [0.25, 0.3) is 0 Å². The molecule has 0 unspecified atom stereocenters. The average molecular weight is 275 g/mol. The fourth-order valence-electron chi connectivity index (χ4n) is 2.94. The number of imidazole rings is 1. The Morgan fingerprint density at radius 3 is 3.21 bits per heavy atom. The van der Waals surface area contributed by atoms with Crippen molar-refractivity contribution in [2.45, 2.75) is 44.7 Å². The molecule has 0 bridgehead atoms. The minimum atomic E-state index is 0.723. The van der Waals surface area contributed by atoms with Gasteiger partial charge in [-0.1, -0.05) is 12.5 Å². The molecule has 3 nitrogen and oxygen atoms in total. The summed E-state index contributed by atoms with van der Waals surface area (Å²) in [6, 6.07) is 5.13. The lowest BCUT2D eigenvalue weighted by molar-refractivity contribution is 0.129. The predicted octanol–water partition coefficient (Wildman–Crippen LogP) is 3.46. The Kier molecular flexibility index (Phi) is 4.30. The van der Waals surface area contributed by atoms with Gasteiger partial charge in [-0.2, -0.15) is 0 Å². The van der Waals surface area contributed by atoms with E-state index >= 15 is 0 Å². The van der Waals surface area contributed by atoms with Gasteiger partial charge in [0.1, 0.15) is 5.82 Å². The van der Waals surface area contributed by atoms with Gasteiger partial charge in [-0.15, -0.1) is 11.3 Å². The Morgan fingerprint density at radius 1 is 1.42 bits per heavy atom. The lowest BCUT2D eigenvalue weighted by Gasteiger charge is -2.35. The maximum absolute atomic E-state index is 4.36. The first-order chi connectivity index (χ1) is 9.42. The van der Waals surface area contributed by atoms with E-state index in [4.69, 9.17) is 0 Å². The number of nitrogens with zero attached hydrogens (tertiary/aromatic N) is 2. The summed E-state index contributed by atoms with van der Waals surface area (Å²) in [6.07, 6.45) is 10.3. The van der Waals surface area contributed by atoms with Crippen LogP contribution >= 0.6 is 11.3 Å². The van der Waals surface area contributed by atoms with Crippen LogP contribution in [0.5, 0.6) is 0 Å². The summed E-state index contributed by atoms with van der Waals surface area (Å²) in [4.78, 5) is 11.7. The first-order valence-corrected chi connectivity index (χ1v) is 8.04. The number of H-pyrrole nitrogens is 1. The molecule has 4 heteroatoms. The van der Waals surface area contributed by atoms with Crippen molar-refractivity contribution in [2.24, 2.45) is 0 Å². The summed E-state index contributed by atoms with van der Waals surface area (Å²) < 4.78 is 0. The molecule has 0 aliphatic carbocycles. The van der Waals surface area contributed by atoms with Crippen molar-refractivity contribution >= 4 is 11.3 Å². The number of aromatic amines is 1. The lowest BCUT2D eigenvalue weighted by atomic mass is 9.97. The van der Waals surface area contributed by atoms with Crippen molar-refractivity contribution in [3.8, 4) is 0 Å². The number of thiophene rings is 1. The highest BCUT2D eigenvalue weighted by Crippen LogP contribution is 2.23. The topological polar surface area (TPSA) is 31.9 Å². The molecule has 102 valence electrons. The van der Waals surface area contributed by atoms with Crippen molar-refractivity contribution in [3.05, 3.63) is 40.6 Å². The van der Waals surface area contributed by atoms with Crippen LogP contribution in [0.2, 0.25) is 0 Å². The zero-order chi connectivity index (χ0) is 12.9. The van der Waals surface area contributed by atoms with Gasteiger partial charge in [0.15, 0.2) is 0 Å². The first-order valence-electron chi connectivity index (χ1n) is 7.16. The van der Waals surface area contributed by atoms with E-state index in [9.17, 15) is 0 Å². The minimum Gasteiger partial charge on any atom is -0.348 e. The Balaban J connectivity index is 1.57. The van der Waals surface area contributed by atoms with Crippen molar-refractivity contribution in [1.29, 1.82) is 0 Å². The number of aryl methyl sites for hydroxylation is 1. The molecule has 2 aromatic rings. The van der Waals surface area contributed by atoms with Crippen LogP contribution in [0.1, 0.15) is 36.4 Å². The standard InChI is InChI=1S/C15H21N3S/c1-2-10-18(12-15-16-8-9-17-15)13(4-1)6-7-14-5-3-11-19-14/h3,5,8-9,11,13H,1-2,4,6-7,10,12H2,(H,16,17)/t13-/m0/s1. The third-order valence-electron chi connectivity index (χ3n) is 3.96. The van der Waals surface area contributed by atoms with E-state index in [2.05, 4.69) is 32.4 Å². The maximum Gasteiger partial charge on any atom is 0.120 e. The van der Waals surface area contributed by atoms with E-state index in [0.29, 0.717) is 0 Å². The average Bonchev–Trinajstić information content (AvgIpc) is 3.10. The molecule has 1 atom stereocenters. The van der Waals surface area contributed by atoms with Gasteiger partial charge in [0.05, 0.1) is 6.54 Å². The highest BCUT2D eigenvalue weighted by molar-refractivity contribution is 7.09. The van der Waals surface area contributed by atoms with Crippen molar-refractivity contribution in [3.63, 3.8) is 0 Å². The number of rotatable bonds is 5. The third-order valence-corrected chi connectivity index (χ3v) is 4.90. The highest BCUT2D eigenvalue weighted by atomic mass is 32.1. The Bertz CT molecular complexity index is 464. The van der Waals surface area contributed by atoms with Gasteiger partial charge in [0.25, 0.3) is 0 Å². The number of aromatic nitrogens is 2. The molecule has 3 rings (SSSR count). The summed E-state index contributed by atoms with van der Waals surface area (Å²) >= 11 is 1.88. The predicted molar refractivity (Wildman–Crippen MR) is 79.3 cm³/mol. The van der Waals surface area contributed by atoms with E-state index in [1.165, 1.54) is 43.5 Å². The molecule has 1 aliphatic rings. The van der Waals surface area contributed by atoms with Crippen LogP contribution in [0.15, 0.2) is 29.9 Å². The van der Waals surface area contributed by atoms with E-state index in [1.807, 2.05) is 23.7 Å². The summed E-state index contributed by atoms with van der Waals surface area (Å²) in [5.41, 5.74) is 0. The molecule has 1 aliphatic heterocycles. The summed E-state index contributed by atoms with van der Waals surface area (Å²) in [5.74, 6) is 1.10. The van der Waals surface area contributed by atoms with Gasteiger partial charge in [-0.3, -0.25) is 4.90 Å². The normalized spacial score (nSPS) is 20.7. The Morgan fingerprint density at radius 2 is 2.42 bits per heavy atom. The fourth-order valence-corrected chi connectivity index (χ4v) is 3.66. The summed E-state index contributed by atoms with van der Waals surface area (Å²) in [5, 5.41) is 2.18. The number of nitrogens with one attached hydrogen (secondary N) is 1. The molecule has 0 radical (unpaired) electrons. The van der Waals surface area contributed by atoms with E-state index in [1.54, 1.807) is 0 Å². The van der Waals surface area contributed by atoms with E-state index in [-0.39, 0.29) is 0 Å². The fraction of sp³-hybridized carbons (Fsp3) is 0.533. The number of piperidine rings is 1. The molecular weight excluding hydrogens is 254 g/mol. The lowest BCUT2D eigenvalue weighted by Crippen LogP contribution is -2.39. The minimum absolute atomic E-state index is 0.723. The van der Waals surface area contributed by atoms with Crippen molar-refractivity contribution < 1.29 is 0 Å². The molecule has 3 heterocycles. The Labute approximate surface area is 118 Å². The molecule has 2 aromatic heterocycles. The number of hydrogen-bond acceptors (Lipinski definition) is 3. The van der Waals surface area contributed by atoms with Gasteiger partial charge in [-0.05, 0) is 43.7 Å². The van der Waals surface area contributed by atoms with Gasteiger partial charge in [0, 0.05) is 23.3 Å². The molecule has 19 heavy (non-hydrogen) atoms. The van der Waals surface area contributed by atoms with Gasteiger partial charge in [0.2, 0.25) is 0 Å². The maximum atomic E-state index is 4.36. The van der Waals surface area contributed by atoms with Crippen LogP contribution in [-0.2, 0) is 13.0 Å². The van der Waals surface area contributed by atoms with E-state index in [0.717, 1.165) is 18.4 Å². The smallest absolute Gasteiger partial charge is 0.120 e. The quantitative estimate of drug-likeness (QED) is 0.906. The monoisotopic (exact) mass is 275 g/mol. The van der Waals surface area contributed by atoms with E-state index < -0.39 is 0 Å². The SMILES string of the molecule is c1csc(CC[C@@H]2CCCCN2Cc2ncc[nH]2)c1. The Hall–Kier alpha value is -1.13. The van der Waals surface area contributed by atoms with Crippen LogP contribution < -0.4 is 0 Å². The van der Waals surface area contributed by atoms with Gasteiger partial charge < -0.3 is 4.98 Å². The molecule has 0 spiro atoms. The second-order valence-electron chi connectivity index (χ2n) is 5.27. The number of likely N-dealkylation sites (tertiary alicyclic amines) is 1. The largest absolute Gasteiger partial charge is 0.348 e. The molecule has 1 saturated heterocycles.